The number of nitrogens with zero attached hydrogens (tertiary/aromatic N) is 1. The van der Waals surface area contributed by atoms with Crippen LogP contribution in [0.2, 0.25) is 5.02 Å². The first-order valence-electron chi connectivity index (χ1n) is 7.93. The fourth-order valence-corrected chi connectivity index (χ4v) is 3.58. The van der Waals surface area contributed by atoms with Gasteiger partial charge in [0.05, 0.1) is 5.52 Å². The average molecular weight is 355 g/mol. The number of pyridine rings is 1. The van der Waals surface area contributed by atoms with E-state index in [2.05, 4.69) is 5.32 Å². The molecule has 5 nitrogen and oxygen atoms in total. The van der Waals surface area contributed by atoms with Gasteiger partial charge in [0, 0.05) is 22.1 Å². The number of nitrogens with one attached hydrogen (secondary N) is 1. The van der Waals surface area contributed by atoms with Crippen molar-refractivity contribution in [1.82, 2.24) is 4.57 Å². The van der Waals surface area contributed by atoms with Crippen molar-refractivity contribution >= 4 is 34.1 Å². The lowest BCUT2D eigenvalue weighted by Gasteiger charge is -2.14. The van der Waals surface area contributed by atoms with Crippen LogP contribution in [0.25, 0.3) is 10.9 Å². The second-order valence-electron chi connectivity index (χ2n) is 6.23. The number of aromatic hydroxyl groups is 1. The molecule has 0 unspecified atom stereocenters. The molecule has 0 aliphatic carbocycles. The summed E-state index contributed by atoms with van der Waals surface area (Å²) < 4.78 is 1.60. The average Bonchev–Trinajstić information content (AvgIpc) is 2.92. The van der Waals surface area contributed by atoms with Gasteiger partial charge in [-0.1, -0.05) is 23.7 Å². The van der Waals surface area contributed by atoms with Gasteiger partial charge in [0.25, 0.3) is 11.5 Å². The Hall–Kier alpha value is -2.79. The van der Waals surface area contributed by atoms with E-state index in [0.717, 1.165) is 5.56 Å². The van der Waals surface area contributed by atoms with Gasteiger partial charge in [-0.05, 0) is 49.2 Å². The molecule has 1 aliphatic heterocycles. The molecule has 126 valence electrons. The van der Waals surface area contributed by atoms with Gasteiger partial charge in [-0.2, -0.15) is 0 Å². The van der Waals surface area contributed by atoms with E-state index in [0.29, 0.717) is 28.0 Å². The molecule has 3 aromatic rings. The first kappa shape index (κ1) is 15.7. The summed E-state index contributed by atoms with van der Waals surface area (Å²) in [5.41, 5.74) is 1.49. The third-order valence-corrected chi connectivity index (χ3v) is 4.82. The molecule has 0 radical (unpaired) electrons. The van der Waals surface area contributed by atoms with E-state index in [1.54, 1.807) is 34.9 Å². The number of hydrogen-bond acceptors (Lipinski definition) is 3. The minimum absolute atomic E-state index is 0.0601. The molecule has 1 aliphatic rings. The minimum atomic E-state index is -0.639. The van der Waals surface area contributed by atoms with Gasteiger partial charge >= 0.3 is 0 Å². The summed E-state index contributed by atoms with van der Waals surface area (Å²) in [5.74, 6) is -0.918. The molecule has 0 bridgehead atoms. The van der Waals surface area contributed by atoms with Crippen LogP contribution in [0.3, 0.4) is 0 Å². The topological polar surface area (TPSA) is 71.3 Å². The van der Waals surface area contributed by atoms with Crippen molar-refractivity contribution in [3.63, 3.8) is 0 Å². The lowest BCUT2D eigenvalue weighted by molar-refractivity contribution is 0.102. The number of benzene rings is 2. The molecular weight excluding hydrogens is 340 g/mol. The predicted molar refractivity (Wildman–Crippen MR) is 97.7 cm³/mol. The van der Waals surface area contributed by atoms with Crippen LogP contribution in [0.15, 0.2) is 47.3 Å². The third-order valence-electron chi connectivity index (χ3n) is 4.57. The Balaban J connectivity index is 1.87. The molecule has 6 heteroatoms. The summed E-state index contributed by atoms with van der Waals surface area (Å²) in [5, 5.41) is 14.3. The third kappa shape index (κ3) is 2.39. The minimum Gasteiger partial charge on any atom is -0.506 e. The number of hydrogen-bond donors (Lipinski definition) is 2. The maximum atomic E-state index is 12.9. The fraction of sp³-hybridized carbons (Fsp3) is 0.158. The highest BCUT2D eigenvalue weighted by Crippen LogP contribution is 2.36. The number of carbonyl (C=O) groups excluding carboxylic acids is 1. The number of amides is 1. The van der Waals surface area contributed by atoms with Crippen LogP contribution in [0.5, 0.6) is 5.75 Å². The summed E-state index contributed by atoms with van der Waals surface area (Å²) in [6.07, 6.45) is 0.703. The number of aromatic nitrogens is 1. The quantitative estimate of drug-likeness (QED) is 0.736. The highest BCUT2D eigenvalue weighted by Gasteiger charge is 2.29. The molecule has 2 N–H and O–H groups in total. The van der Waals surface area contributed by atoms with E-state index in [1.165, 1.54) is 0 Å². The van der Waals surface area contributed by atoms with E-state index in [9.17, 15) is 14.7 Å². The molecule has 0 fully saturated rings. The van der Waals surface area contributed by atoms with E-state index < -0.39 is 11.5 Å². The van der Waals surface area contributed by atoms with E-state index in [-0.39, 0.29) is 17.4 Å². The molecule has 0 saturated heterocycles. The van der Waals surface area contributed by atoms with E-state index >= 15 is 0 Å². The number of para-hydroxylation sites is 1. The van der Waals surface area contributed by atoms with Crippen LogP contribution in [0, 0.1) is 0 Å². The Labute approximate surface area is 148 Å². The van der Waals surface area contributed by atoms with Gasteiger partial charge < -0.3 is 15.0 Å². The largest absolute Gasteiger partial charge is 0.506 e. The molecule has 0 spiro atoms. The Bertz CT molecular complexity index is 1070. The normalized spacial score (nSPS) is 15.5. The van der Waals surface area contributed by atoms with Crippen molar-refractivity contribution < 1.29 is 9.90 Å². The molecular formula is C19H15ClN2O3. The molecule has 4 rings (SSSR count). The monoisotopic (exact) mass is 354 g/mol. The molecule has 0 saturated carbocycles. The number of carbonyl (C=O) groups is 1. The molecule has 1 aromatic heterocycles. The standard InChI is InChI=1S/C19H15ClN2O3/c1-10-9-11-3-2-4-14-16(11)22(10)19(25)15(17(14)23)18(24)21-13-7-5-12(20)6-8-13/h2-8,10,23H,9H2,1H3,(H,21,24)/t10-/m1/s1. The number of halogens is 1. The highest BCUT2D eigenvalue weighted by atomic mass is 35.5. The lowest BCUT2D eigenvalue weighted by atomic mass is 10.1. The van der Waals surface area contributed by atoms with Gasteiger partial charge in [-0.25, -0.2) is 0 Å². The van der Waals surface area contributed by atoms with Crippen molar-refractivity contribution in [1.29, 1.82) is 0 Å². The van der Waals surface area contributed by atoms with Gasteiger partial charge in [0.15, 0.2) is 0 Å². The lowest BCUT2D eigenvalue weighted by Crippen LogP contribution is -2.30. The van der Waals surface area contributed by atoms with Crippen LogP contribution >= 0.6 is 11.6 Å². The van der Waals surface area contributed by atoms with Gasteiger partial charge in [0.2, 0.25) is 0 Å². The summed E-state index contributed by atoms with van der Waals surface area (Å²) in [6.45, 7) is 1.93. The SMILES string of the molecule is C[C@@H]1Cc2cccc3c(O)c(C(=O)Nc4ccc(Cl)cc4)c(=O)n1c23. The van der Waals surface area contributed by atoms with Crippen LogP contribution in [-0.2, 0) is 6.42 Å². The Kier molecular flexibility index (Phi) is 3.54. The Morgan fingerprint density at radius 2 is 1.96 bits per heavy atom. The number of rotatable bonds is 2. The first-order valence-corrected chi connectivity index (χ1v) is 8.31. The maximum absolute atomic E-state index is 12.9. The second-order valence-corrected chi connectivity index (χ2v) is 6.66. The van der Waals surface area contributed by atoms with Crippen LogP contribution in [-0.4, -0.2) is 15.6 Å². The zero-order chi connectivity index (χ0) is 17.7. The summed E-state index contributed by atoms with van der Waals surface area (Å²) in [6, 6.07) is 12.0. The van der Waals surface area contributed by atoms with Crippen molar-refractivity contribution in [3.05, 3.63) is 69.0 Å². The van der Waals surface area contributed by atoms with Crippen LogP contribution in [0.4, 0.5) is 5.69 Å². The summed E-state index contributed by atoms with van der Waals surface area (Å²) in [7, 11) is 0. The fourth-order valence-electron chi connectivity index (χ4n) is 3.45. The molecule has 1 atom stereocenters. The zero-order valence-corrected chi connectivity index (χ0v) is 14.2. The number of anilines is 1. The molecule has 1 amide bonds. The van der Waals surface area contributed by atoms with Crippen molar-refractivity contribution in [2.24, 2.45) is 0 Å². The zero-order valence-electron chi connectivity index (χ0n) is 13.4. The van der Waals surface area contributed by atoms with E-state index in [1.807, 2.05) is 19.1 Å². The smallest absolute Gasteiger partial charge is 0.268 e. The first-order chi connectivity index (χ1) is 12.0. The maximum Gasteiger partial charge on any atom is 0.268 e. The van der Waals surface area contributed by atoms with E-state index in [4.69, 9.17) is 11.6 Å². The van der Waals surface area contributed by atoms with Crippen LogP contribution < -0.4 is 10.9 Å². The van der Waals surface area contributed by atoms with Crippen molar-refractivity contribution in [2.75, 3.05) is 5.32 Å². The van der Waals surface area contributed by atoms with Gasteiger partial charge in [-0.15, -0.1) is 0 Å². The predicted octanol–water partition coefficient (Wildman–Crippen LogP) is 3.73. The molecule has 25 heavy (non-hydrogen) atoms. The summed E-state index contributed by atoms with van der Waals surface area (Å²) in [4.78, 5) is 25.5. The highest BCUT2D eigenvalue weighted by molar-refractivity contribution is 6.30. The van der Waals surface area contributed by atoms with Crippen LogP contribution in [0.1, 0.15) is 28.9 Å². The molecule has 2 heterocycles. The van der Waals surface area contributed by atoms with Crippen molar-refractivity contribution in [3.8, 4) is 5.75 Å². The summed E-state index contributed by atoms with van der Waals surface area (Å²) >= 11 is 5.84. The molecule has 2 aromatic carbocycles. The van der Waals surface area contributed by atoms with Crippen molar-refractivity contribution in [2.45, 2.75) is 19.4 Å². The Morgan fingerprint density at radius 1 is 1.24 bits per heavy atom. The second kappa shape index (κ2) is 5.63. The Morgan fingerprint density at radius 3 is 2.68 bits per heavy atom. The van der Waals surface area contributed by atoms with Gasteiger partial charge in [-0.3, -0.25) is 9.59 Å². The van der Waals surface area contributed by atoms with Gasteiger partial charge in [0.1, 0.15) is 11.3 Å².